The van der Waals surface area contributed by atoms with Gasteiger partial charge in [-0.1, -0.05) is 34.1 Å². The van der Waals surface area contributed by atoms with E-state index in [-0.39, 0.29) is 12.2 Å². The van der Waals surface area contributed by atoms with E-state index in [1.165, 1.54) is 0 Å². The van der Waals surface area contributed by atoms with Crippen LogP contribution in [0.5, 0.6) is 0 Å². The van der Waals surface area contributed by atoms with E-state index in [2.05, 4.69) is 15.9 Å². The van der Waals surface area contributed by atoms with E-state index in [0.717, 1.165) is 23.7 Å². The Bertz CT molecular complexity index is 392. The molecule has 0 spiro atoms. The molecule has 94 valence electrons. The fraction of sp³-hybridized carbons (Fsp3) is 0.417. The van der Waals surface area contributed by atoms with Gasteiger partial charge in [0.05, 0.1) is 6.61 Å². The Morgan fingerprint density at radius 1 is 1.41 bits per heavy atom. The minimum absolute atomic E-state index is 0.270. The molecule has 0 aliphatic rings. The first kappa shape index (κ1) is 14.2. The molecule has 1 unspecified atom stereocenters. The highest BCUT2D eigenvalue weighted by Crippen LogP contribution is 2.21. The smallest absolute Gasteiger partial charge is 0.337 e. The van der Waals surface area contributed by atoms with Gasteiger partial charge < -0.3 is 15.3 Å². The molecule has 0 heterocycles. The van der Waals surface area contributed by atoms with Crippen molar-refractivity contribution in [3.05, 3.63) is 34.9 Å². The maximum atomic E-state index is 10.8. The van der Waals surface area contributed by atoms with Crippen molar-refractivity contribution in [3.8, 4) is 0 Å². The van der Waals surface area contributed by atoms with Gasteiger partial charge in [-0.15, -0.1) is 0 Å². The Hall–Kier alpha value is -0.910. The van der Waals surface area contributed by atoms with Crippen LogP contribution in [0.2, 0.25) is 0 Å². The summed E-state index contributed by atoms with van der Waals surface area (Å²) < 4.78 is 0. The second-order valence-electron chi connectivity index (χ2n) is 3.72. The highest BCUT2D eigenvalue weighted by atomic mass is 79.9. The number of aliphatic hydroxyl groups excluding tert-OH is 2. The molecule has 17 heavy (non-hydrogen) atoms. The van der Waals surface area contributed by atoms with Crippen molar-refractivity contribution in [2.45, 2.75) is 25.6 Å². The third kappa shape index (κ3) is 3.80. The van der Waals surface area contributed by atoms with Gasteiger partial charge in [0.25, 0.3) is 0 Å². The van der Waals surface area contributed by atoms with Crippen LogP contribution in [0.4, 0.5) is 0 Å². The van der Waals surface area contributed by atoms with Gasteiger partial charge in [0.2, 0.25) is 0 Å². The number of benzene rings is 1. The van der Waals surface area contributed by atoms with Crippen molar-refractivity contribution in [1.82, 2.24) is 0 Å². The van der Waals surface area contributed by atoms with Gasteiger partial charge in [0, 0.05) is 5.33 Å². The lowest BCUT2D eigenvalue weighted by Crippen LogP contribution is -2.13. The quantitative estimate of drug-likeness (QED) is 0.698. The summed E-state index contributed by atoms with van der Waals surface area (Å²) in [5, 5.41) is 28.3. The van der Waals surface area contributed by atoms with Gasteiger partial charge in [-0.05, 0) is 29.5 Å². The van der Waals surface area contributed by atoms with Crippen LogP contribution < -0.4 is 0 Å². The van der Waals surface area contributed by atoms with E-state index in [1.54, 1.807) is 12.1 Å². The van der Waals surface area contributed by atoms with E-state index < -0.39 is 12.1 Å². The van der Waals surface area contributed by atoms with Crippen molar-refractivity contribution in [2.24, 2.45) is 0 Å². The average molecular weight is 303 g/mol. The molecular weight excluding hydrogens is 288 g/mol. The molecule has 1 rings (SSSR count). The van der Waals surface area contributed by atoms with Crippen LogP contribution in [0.25, 0.3) is 0 Å². The van der Waals surface area contributed by atoms with Crippen molar-refractivity contribution in [3.63, 3.8) is 0 Å². The number of aliphatic hydroxyl groups is 2. The molecule has 5 heteroatoms. The highest BCUT2D eigenvalue weighted by Gasteiger charge is 2.19. The minimum atomic E-state index is -1.58. The summed E-state index contributed by atoms with van der Waals surface area (Å²) in [6.45, 7) is -0.279. The lowest BCUT2D eigenvalue weighted by molar-refractivity contribution is -0.147. The van der Waals surface area contributed by atoms with E-state index >= 15 is 0 Å². The summed E-state index contributed by atoms with van der Waals surface area (Å²) in [4.78, 5) is 10.8. The third-order valence-electron chi connectivity index (χ3n) is 2.51. The first-order valence-corrected chi connectivity index (χ1v) is 6.41. The van der Waals surface area contributed by atoms with Crippen LogP contribution >= 0.6 is 15.9 Å². The fourth-order valence-electron chi connectivity index (χ4n) is 1.60. The summed E-state index contributed by atoms with van der Waals surface area (Å²) in [5.41, 5.74) is 1.67. The third-order valence-corrected chi connectivity index (χ3v) is 3.07. The summed E-state index contributed by atoms with van der Waals surface area (Å²) in [5.74, 6) is -1.31. The Morgan fingerprint density at radius 3 is 2.65 bits per heavy atom. The molecule has 3 N–H and O–H groups in total. The molecular formula is C12H15BrO4. The molecule has 1 aromatic carbocycles. The first-order valence-electron chi connectivity index (χ1n) is 5.29. The van der Waals surface area contributed by atoms with Crippen molar-refractivity contribution in [1.29, 1.82) is 0 Å². The molecule has 1 aromatic rings. The zero-order valence-corrected chi connectivity index (χ0v) is 10.9. The van der Waals surface area contributed by atoms with Crippen LogP contribution in [0.15, 0.2) is 18.2 Å². The summed E-state index contributed by atoms with van der Waals surface area (Å²) >= 11 is 3.32. The molecule has 0 saturated heterocycles. The second kappa shape index (κ2) is 6.74. The van der Waals surface area contributed by atoms with Crippen LogP contribution in [0.1, 0.15) is 29.2 Å². The average Bonchev–Trinajstić information content (AvgIpc) is 2.34. The molecule has 0 saturated carbocycles. The Labute approximate surface area is 108 Å². The van der Waals surface area contributed by atoms with E-state index in [4.69, 9.17) is 10.2 Å². The zero-order chi connectivity index (χ0) is 12.8. The van der Waals surface area contributed by atoms with Crippen LogP contribution in [-0.2, 0) is 17.8 Å². The van der Waals surface area contributed by atoms with Gasteiger partial charge >= 0.3 is 5.97 Å². The number of rotatable bonds is 6. The maximum Gasteiger partial charge on any atom is 0.337 e. The monoisotopic (exact) mass is 302 g/mol. The number of carboxylic acids is 1. The number of hydrogen-bond acceptors (Lipinski definition) is 3. The summed E-state index contributed by atoms with van der Waals surface area (Å²) in [6.07, 6.45) is 0.151. The molecule has 1 atom stereocenters. The molecule has 0 aromatic heterocycles. The van der Waals surface area contributed by atoms with Gasteiger partial charge in [0.1, 0.15) is 0 Å². The highest BCUT2D eigenvalue weighted by molar-refractivity contribution is 9.09. The molecule has 0 bridgehead atoms. The number of hydrogen-bond donors (Lipinski definition) is 3. The maximum absolute atomic E-state index is 10.8. The van der Waals surface area contributed by atoms with Crippen molar-refractivity contribution in [2.75, 3.05) is 5.33 Å². The van der Waals surface area contributed by atoms with Crippen LogP contribution in [0, 0.1) is 0 Å². The fourth-order valence-corrected chi connectivity index (χ4v) is 1.88. The summed E-state index contributed by atoms with van der Waals surface area (Å²) in [6, 6.07) is 5.14. The first-order chi connectivity index (χ1) is 8.10. The molecule has 0 aliphatic carbocycles. The number of carbonyl (C=O) groups is 1. The predicted molar refractivity (Wildman–Crippen MR) is 67.1 cm³/mol. The van der Waals surface area contributed by atoms with E-state index in [9.17, 15) is 9.90 Å². The molecule has 4 nitrogen and oxygen atoms in total. The summed E-state index contributed by atoms with van der Waals surface area (Å²) in [7, 11) is 0. The predicted octanol–water partition coefficient (Wildman–Crippen LogP) is 1.62. The molecule has 0 radical (unpaired) electrons. The van der Waals surface area contributed by atoms with E-state index in [1.807, 2.05) is 6.07 Å². The minimum Gasteiger partial charge on any atom is -0.479 e. The Morgan fingerprint density at radius 2 is 2.12 bits per heavy atom. The Balaban J connectivity index is 3.01. The van der Waals surface area contributed by atoms with E-state index in [0.29, 0.717) is 5.56 Å². The number of carboxylic acid groups (broad SMARTS) is 1. The SMILES string of the molecule is O=C(O)C(O)c1cc(CCCBr)ccc1CO. The topological polar surface area (TPSA) is 77.8 Å². The second-order valence-corrected chi connectivity index (χ2v) is 4.52. The number of halogens is 1. The number of alkyl halides is 1. The molecule has 0 aliphatic heterocycles. The normalized spacial score (nSPS) is 12.4. The zero-order valence-electron chi connectivity index (χ0n) is 9.27. The van der Waals surface area contributed by atoms with Gasteiger partial charge in [0.15, 0.2) is 6.10 Å². The lowest BCUT2D eigenvalue weighted by atomic mass is 9.98. The molecule has 0 fully saturated rings. The van der Waals surface area contributed by atoms with Crippen LogP contribution in [-0.4, -0.2) is 26.6 Å². The largest absolute Gasteiger partial charge is 0.479 e. The Kier molecular flexibility index (Phi) is 5.61. The lowest BCUT2D eigenvalue weighted by Gasteiger charge is -2.12. The number of aliphatic carboxylic acids is 1. The standard InChI is InChI=1S/C12H15BrO4/c13-5-1-2-8-3-4-9(7-14)10(6-8)11(15)12(16)17/h3-4,6,11,14-15H,1-2,5,7H2,(H,16,17). The van der Waals surface area contributed by atoms with Crippen LogP contribution in [0.3, 0.4) is 0 Å². The van der Waals surface area contributed by atoms with Gasteiger partial charge in [-0.3, -0.25) is 0 Å². The van der Waals surface area contributed by atoms with Crippen molar-refractivity contribution < 1.29 is 20.1 Å². The van der Waals surface area contributed by atoms with Gasteiger partial charge in [-0.25, -0.2) is 4.79 Å². The van der Waals surface area contributed by atoms with Gasteiger partial charge in [-0.2, -0.15) is 0 Å². The van der Waals surface area contributed by atoms with Crippen molar-refractivity contribution >= 4 is 21.9 Å². The number of aryl methyl sites for hydroxylation is 1. The molecule has 0 amide bonds.